The van der Waals surface area contributed by atoms with Crippen LogP contribution in [0.1, 0.15) is 24.0 Å². The third kappa shape index (κ3) is 4.19. The van der Waals surface area contributed by atoms with Gasteiger partial charge >= 0.3 is 6.18 Å². The number of nitrogens with zero attached hydrogens (tertiary/aromatic N) is 2. The zero-order chi connectivity index (χ0) is 17.3. The molecule has 134 valence electrons. The maximum absolute atomic E-state index is 12.8. The van der Waals surface area contributed by atoms with E-state index in [-0.39, 0.29) is 23.3 Å². The monoisotopic (exact) mass is 383 g/mol. The molecular weight excluding hydrogens is 367 g/mol. The van der Waals surface area contributed by atoms with Crippen molar-refractivity contribution in [1.29, 1.82) is 5.26 Å². The van der Waals surface area contributed by atoms with Gasteiger partial charge in [0.2, 0.25) is 10.0 Å². The number of alkyl halides is 3. The number of nitrogens with one attached hydrogen (secondary N) is 1. The number of hydrogen-bond acceptors (Lipinski definition) is 4. The smallest absolute Gasteiger partial charge is 0.317 e. The highest BCUT2D eigenvalue weighted by molar-refractivity contribution is 7.89. The van der Waals surface area contributed by atoms with Crippen molar-refractivity contribution in [3.8, 4) is 6.07 Å². The number of sulfonamides is 1. The molecule has 0 saturated carbocycles. The summed E-state index contributed by atoms with van der Waals surface area (Å²) in [7, 11) is -2.53. The molecular formula is C14H17ClF3N3O2S. The first kappa shape index (κ1) is 20.7. The van der Waals surface area contributed by atoms with E-state index in [1.807, 2.05) is 0 Å². The highest BCUT2D eigenvalue weighted by atomic mass is 35.5. The van der Waals surface area contributed by atoms with Crippen LogP contribution in [-0.2, 0) is 16.2 Å². The fourth-order valence-corrected chi connectivity index (χ4v) is 4.00. The third-order valence-electron chi connectivity index (χ3n) is 3.92. The summed E-state index contributed by atoms with van der Waals surface area (Å²) in [5.74, 6) is 0. The van der Waals surface area contributed by atoms with Crippen LogP contribution in [0.5, 0.6) is 0 Å². The fraction of sp³-hybridized carbons (Fsp3) is 0.500. The topological polar surface area (TPSA) is 73.2 Å². The maximum Gasteiger partial charge on any atom is 0.417 e. The molecule has 1 aliphatic rings. The minimum absolute atomic E-state index is 0. The minimum atomic E-state index is -4.70. The molecule has 0 spiro atoms. The van der Waals surface area contributed by atoms with Gasteiger partial charge in [0, 0.05) is 13.1 Å². The molecule has 0 radical (unpaired) electrons. The minimum Gasteiger partial charge on any atom is -0.317 e. The molecule has 0 atom stereocenters. The summed E-state index contributed by atoms with van der Waals surface area (Å²) in [4.78, 5) is -0.303. The number of halogens is 4. The molecule has 0 aromatic heterocycles. The lowest BCUT2D eigenvalue weighted by atomic mass is 10.1. The molecule has 0 aliphatic carbocycles. The van der Waals surface area contributed by atoms with Gasteiger partial charge in [-0.15, -0.1) is 12.4 Å². The van der Waals surface area contributed by atoms with Gasteiger partial charge in [-0.05, 0) is 44.1 Å². The van der Waals surface area contributed by atoms with Crippen molar-refractivity contribution < 1.29 is 21.6 Å². The van der Waals surface area contributed by atoms with Crippen LogP contribution in [0.4, 0.5) is 13.2 Å². The lowest BCUT2D eigenvalue weighted by Crippen LogP contribution is -2.43. The highest BCUT2D eigenvalue weighted by Crippen LogP contribution is 2.33. The maximum atomic E-state index is 12.8. The van der Waals surface area contributed by atoms with Crippen LogP contribution in [0.25, 0.3) is 0 Å². The molecule has 0 unspecified atom stereocenters. The molecule has 10 heteroatoms. The fourth-order valence-electron chi connectivity index (χ4n) is 2.56. The average Bonchev–Trinajstić information content (AvgIpc) is 2.53. The molecule has 1 aliphatic heterocycles. The number of benzene rings is 1. The third-order valence-corrected chi connectivity index (χ3v) is 5.82. The summed E-state index contributed by atoms with van der Waals surface area (Å²) < 4.78 is 64.7. The molecule has 5 nitrogen and oxygen atoms in total. The lowest BCUT2D eigenvalue weighted by Gasteiger charge is -2.31. The van der Waals surface area contributed by atoms with Gasteiger partial charge in [-0.3, -0.25) is 0 Å². The second-order valence-corrected chi connectivity index (χ2v) is 7.32. The van der Waals surface area contributed by atoms with Crippen molar-refractivity contribution in [2.45, 2.75) is 30.0 Å². The van der Waals surface area contributed by atoms with Crippen molar-refractivity contribution >= 4 is 22.4 Å². The second-order valence-electron chi connectivity index (χ2n) is 5.32. The summed E-state index contributed by atoms with van der Waals surface area (Å²) in [6.07, 6.45) is -3.45. The summed E-state index contributed by atoms with van der Waals surface area (Å²) in [6.45, 7) is 1.36. The molecule has 24 heavy (non-hydrogen) atoms. The summed E-state index contributed by atoms with van der Waals surface area (Å²) >= 11 is 0. The van der Waals surface area contributed by atoms with Gasteiger partial charge in [-0.1, -0.05) is 0 Å². The van der Waals surface area contributed by atoms with Crippen molar-refractivity contribution in [2.75, 3.05) is 20.1 Å². The van der Waals surface area contributed by atoms with Crippen LogP contribution < -0.4 is 5.32 Å². The van der Waals surface area contributed by atoms with Crippen LogP contribution >= 0.6 is 12.4 Å². The van der Waals surface area contributed by atoms with Crippen molar-refractivity contribution in [3.63, 3.8) is 0 Å². The van der Waals surface area contributed by atoms with Gasteiger partial charge < -0.3 is 5.32 Å². The average molecular weight is 384 g/mol. The molecule has 1 N–H and O–H groups in total. The van der Waals surface area contributed by atoms with E-state index in [0.717, 1.165) is 12.1 Å². The van der Waals surface area contributed by atoms with Gasteiger partial charge in [0.25, 0.3) is 0 Å². The SMILES string of the molecule is CN(C1CCNCC1)S(=O)(=O)c1ccc(C(F)(F)F)c(C#N)c1.Cl. The van der Waals surface area contributed by atoms with E-state index < -0.39 is 27.3 Å². The Morgan fingerprint density at radius 3 is 2.38 bits per heavy atom. The van der Waals surface area contributed by atoms with Gasteiger partial charge in [0.1, 0.15) is 0 Å². The van der Waals surface area contributed by atoms with E-state index in [4.69, 9.17) is 5.26 Å². The second kappa shape index (κ2) is 7.70. The van der Waals surface area contributed by atoms with Crippen molar-refractivity contribution in [1.82, 2.24) is 9.62 Å². The van der Waals surface area contributed by atoms with E-state index in [1.165, 1.54) is 17.4 Å². The first-order valence-electron chi connectivity index (χ1n) is 6.98. The van der Waals surface area contributed by atoms with E-state index in [2.05, 4.69) is 5.32 Å². The van der Waals surface area contributed by atoms with Crippen LogP contribution in [0, 0.1) is 11.3 Å². The summed E-state index contributed by atoms with van der Waals surface area (Å²) in [5, 5.41) is 12.0. The zero-order valence-corrected chi connectivity index (χ0v) is 14.4. The number of rotatable bonds is 3. The zero-order valence-electron chi connectivity index (χ0n) is 12.8. The van der Waals surface area contributed by atoms with Gasteiger partial charge in [0.05, 0.1) is 22.1 Å². The molecule has 1 saturated heterocycles. The molecule has 0 amide bonds. The quantitative estimate of drug-likeness (QED) is 0.869. The van der Waals surface area contributed by atoms with Gasteiger partial charge in [-0.25, -0.2) is 8.42 Å². The standard InChI is InChI=1S/C14H16F3N3O2S.ClH/c1-20(11-4-6-19-7-5-11)23(21,22)12-2-3-13(14(15,16)17)10(8-12)9-18;/h2-3,8,11,19H,4-7H2,1H3;1H. The Balaban J connectivity index is 0.00000288. The lowest BCUT2D eigenvalue weighted by molar-refractivity contribution is -0.137. The van der Waals surface area contributed by atoms with Gasteiger partial charge in [-0.2, -0.15) is 22.7 Å². The highest BCUT2D eigenvalue weighted by Gasteiger charge is 2.35. The predicted molar refractivity (Wildman–Crippen MR) is 84.2 cm³/mol. The Kier molecular flexibility index (Phi) is 6.64. The molecule has 0 bridgehead atoms. The van der Waals surface area contributed by atoms with E-state index >= 15 is 0 Å². The number of hydrogen-bond donors (Lipinski definition) is 1. The van der Waals surface area contributed by atoms with Crippen LogP contribution in [0.2, 0.25) is 0 Å². The van der Waals surface area contributed by atoms with Gasteiger partial charge in [0.15, 0.2) is 0 Å². The predicted octanol–water partition coefficient (Wildman–Crippen LogP) is 2.37. The van der Waals surface area contributed by atoms with Crippen LogP contribution in [0.15, 0.2) is 23.1 Å². The largest absolute Gasteiger partial charge is 0.417 e. The summed E-state index contributed by atoms with van der Waals surface area (Å²) in [6, 6.07) is 3.53. The Bertz CT molecular complexity index is 726. The number of piperidine rings is 1. The van der Waals surface area contributed by atoms with E-state index in [1.54, 1.807) is 0 Å². The van der Waals surface area contributed by atoms with E-state index in [0.29, 0.717) is 32.0 Å². The Labute approximate surface area is 144 Å². The Morgan fingerprint density at radius 1 is 1.29 bits per heavy atom. The number of nitriles is 1. The van der Waals surface area contributed by atoms with Crippen molar-refractivity contribution in [2.24, 2.45) is 0 Å². The van der Waals surface area contributed by atoms with Crippen LogP contribution in [-0.4, -0.2) is 38.9 Å². The first-order valence-corrected chi connectivity index (χ1v) is 8.42. The molecule has 2 rings (SSSR count). The first-order chi connectivity index (χ1) is 10.7. The van der Waals surface area contributed by atoms with Crippen LogP contribution in [0.3, 0.4) is 0 Å². The molecule has 1 aromatic rings. The summed E-state index contributed by atoms with van der Waals surface area (Å²) in [5.41, 5.74) is -1.83. The normalized spacial score (nSPS) is 16.5. The Morgan fingerprint density at radius 2 is 1.88 bits per heavy atom. The van der Waals surface area contributed by atoms with Crippen molar-refractivity contribution in [3.05, 3.63) is 29.3 Å². The molecule has 1 aromatic carbocycles. The Hall–Kier alpha value is -1.34. The molecule has 1 fully saturated rings. The van der Waals surface area contributed by atoms with E-state index in [9.17, 15) is 21.6 Å². The molecule has 1 heterocycles.